The molecule has 3 heteroatoms. The molecule has 0 bridgehead atoms. The van der Waals surface area contributed by atoms with Crippen LogP contribution in [0.5, 0.6) is 0 Å². The molecule has 0 aliphatic carbocycles. The molecule has 74 valence electrons. The second kappa shape index (κ2) is 7.19. The van der Waals surface area contributed by atoms with Crippen molar-refractivity contribution in [1.82, 2.24) is 5.32 Å². The highest BCUT2D eigenvalue weighted by Gasteiger charge is 2.07. The van der Waals surface area contributed by atoms with Crippen molar-refractivity contribution in [3.8, 4) is 12.3 Å². The van der Waals surface area contributed by atoms with Gasteiger partial charge in [0.2, 0.25) is 5.91 Å². The Morgan fingerprint density at radius 1 is 1.62 bits per heavy atom. The zero-order valence-corrected chi connectivity index (χ0v) is 10.3. The summed E-state index contributed by atoms with van der Waals surface area (Å²) >= 11 is 2.05. The summed E-state index contributed by atoms with van der Waals surface area (Å²) < 4.78 is 0.523. The van der Waals surface area contributed by atoms with Crippen LogP contribution in [0.15, 0.2) is 0 Å². The summed E-state index contributed by atoms with van der Waals surface area (Å²) in [5, 5.41) is 2.85. The van der Waals surface area contributed by atoms with E-state index >= 15 is 0 Å². The van der Waals surface area contributed by atoms with Gasteiger partial charge in [0, 0.05) is 12.5 Å². The Hall–Kier alpha value is -0.240. The molecule has 0 saturated heterocycles. The maximum Gasteiger partial charge on any atom is 0.229 e. The number of terminal acetylenes is 1. The van der Waals surface area contributed by atoms with E-state index in [0.717, 1.165) is 13.0 Å². The minimum absolute atomic E-state index is 0.0980. The topological polar surface area (TPSA) is 29.1 Å². The molecule has 2 atom stereocenters. The molecule has 1 amide bonds. The number of rotatable bonds is 5. The number of carbonyl (C=O) groups is 1. The Morgan fingerprint density at radius 3 is 2.69 bits per heavy atom. The van der Waals surface area contributed by atoms with Crippen LogP contribution in [-0.4, -0.2) is 16.9 Å². The van der Waals surface area contributed by atoms with E-state index in [1.54, 1.807) is 0 Å². The van der Waals surface area contributed by atoms with Crippen LogP contribution >= 0.6 is 22.6 Å². The van der Waals surface area contributed by atoms with Crippen molar-refractivity contribution in [3.05, 3.63) is 0 Å². The monoisotopic (exact) mass is 293 g/mol. The Balaban J connectivity index is 3.58. The standard InChI is InChI=1S/C10H16INO/c1-4-8(2)5-9(3)7-12-10(13)6-11/h1,8-9H,5-7H2,2-3H3,(H,12,13). The molecule has 0 aromatic carbocycles. The molecule has 0 rings (SSSR count). The first-order valence-corrected chi connectivity index (χ1v) is 5.91. The summed E-state index contributed by atoms with van der Waals surface area (Å²) in [6.45, 7) is 4.85. The first-order chi connectivity index (χ1) is 6.10. The second-order valence-corrected chi connectivity index (χ2v) is 4.11. The van der Waals surface area contributed by atoms with E-state index < -0.39 is 0 Å². The molecule has 0 heterocycles. The maximum atomic E-state index is 10.9. The molecule has 0 spiro atoms. The van der Waals surface area contributed by atoms with Gasteiger partial charge < -0.3 is 5.32 Å². The largest absolute Gasteiger partial charge is 0.355 e. The molecule has 0 aliphatic rings. The van der Waals surface area contributed by atoms with Gasteiger partial charge in [-0.1, -0.05) is 36.4 Å². The maximum absolute atomic E-state index is 10.9. The predicted molar refractivity (Wildman–Crippen MR) is 63.7 cm³/mol. The average Bonchev–Trinajstić information content (AvgIpc) is 2.13. The van der Waals surface area contributed by atoms with Gasteiger partial charge >= 0.3 is 0 Å². The van der Waals surface area contributed by atoms with Gasteiger partial charge in [0.25, 0.3) is 0 Å². The highest BCUT2D eigenvalue weighted by molar-refractivity contribution is 14.1. The van der Waals surface area contributed by atoms with Gasteiger partial charge in [0.05, 0.1) is 4.43 Å². The molecular weight excluding hydrogens is 277 g/mol. The smallest absolute Gasteiger partial charge is 0.229 e. The second-order valence-electron chi connectivity index (χ2n) is 3.35. The van der Waals surface area contributed by atoms with Gasteiger partial charge in [-0.25, -0.2) is 0 Å². The normalized spacial score (nSPS) is 14.3. The van der Waals surface area contributed by atoms with Crippen molar-refractivity contribution in [2.24, 2.45) is 11.8 Å². The number of hydrogen-bond acceptors (Lipinski definition) is 1. The third-order valence-corrected chi connectivity index (χ3v) is 2.50. The summed E-state index contributed by atoms with van der Waals surface area (Å²) in [5.41, 5.74) is 0. The quantitative estimate of drug-likeness (QED) is 0.468. The fraction of sp³-hybridized carbons (Fsp3) is 0.700. The predicted octanol–water partition coefficient (Wildman–Crippen LogP) is 1.83. The van der Waals surface area contributed by atoms with E-state index in [-0.39, 0.29) is 5.91 Å². The molecule has 2 nitrogen and oxygen atoms in total. The SMILES string of the molecule is C#CC(C)CC(C)CNC(=O)CI. The molecule has 13 heavy (non-hydrogen) atoms. The van der Waals surface area contributed by atoms with Crippen LogP contribution in [0.4, 0.5) is 0 Å². The molecule has 0 aliphatic heterocycles. The first-order valence-electron chi connectivity index (χ1n) is 4.39. The van der Waals surface area contributed by atoms with Crippen LogP contribution in [0, 0.1) is 24.2 Å². The Morgan fingerprint density at radius 2 is 2.23 bits per heavy atom. The number of carbonyl (C=O) groups excluding carboxylic acids is 1. The van der Waals surface area contributed by atoms with Crippen LogP contribution in [-0.2, 0) is 4.79 Å². The van der Waals surface area contributed by atoms with Gasteiger partial charge in [-0.05, 0) is 12.3 Å². The van der Waals surface area contributed by atoms with Crippen molar-refractivity contribution in [2.45, 2.75) is 20.3 Å². The summed E-state index contributed by atoms with van der Waals surface area (Å²) in [6, 6.07) is 0. The van der Waals surface area contributed by atoms with Crippen molar-refractivity contribution in [3.63, 3.8) is 0 Å². The van der Waals surface area contributed by atoms with Crippen molar-refractivity contribution >= 4 is 28.5 Å². The van der Waals surface area contributed by atoms with Gasteiger partial charge in [-0.2, -0.15) is 0 Å². The number of halogens is 1. The number of nitrogens with one attached hydrogen (secondary N) is 1. The summed E-state index contributed by atoms with van der Waals surface area (Å²) in [5.74, 6) is 3.54. The van der Waals surface area contributed by atoms with Gasteiger partial charge in [-0.15, -0.1) is 12.3 Å². The van der Waals surface area contributed by atoms with Crippen LogP contribution in [0.1, 0.15) is 20.3 Å². The number of amides is 1. The molecule has 0 saturated carbocycles. The highest BCUT2D eigenvalue weighted by atomic mass is 127. The Kier molecular flexibility index (Phi) is 7.06. The van der Waals surface area contributed by atoms with E-state index in [1.807, 2.05) is 29.5 Å². The fourth-order valence-corrected chi connectivity index (χ4v) is 1.36. The van der Waals surface area contributed by atoms with E-state index in [1.165, 1.54) is 0 Å². The number of hydrogen-bond donors (Lipinski definition) is 1. The molecule has 1 N–H and O–H groups in total. The lowest BCUT2D eigenvalue weighted by Crippen LogP contribution is -2.29. The van der Waals surface area contributed by atoms with Gasteiger partial charge in [-0.3, -0.25) is 4.79 Å². The Bertz CT molecular complexity index is 198. The van der Waals surface area contributed by atoms with Crippen LogP contribution in [0.25, 0.3) is 0 Å². The Labute approximate surface area is 94.0 Å². The molecule has 0 fully saturated rings. The van der Waals surface area contributed by atoms with E-state index in [2.05, 4.69) is 18.2 Å². The summed E-state index contributed by atoms with van der Waals surface area (Å²) in [6.07, 6.45) is 6.23. The average molecular weight is 293 g/mol. The van der Waals surface area contributed by atoms with Crippen LogP contribution < -0.4 is 5.32 Å². The number of alkyl halides is 1. The molecule has 0 aromatic rings. The first kappa shape index (κ1) is 12.8. The van der Waals surface area contributed by atoms with Gasteiger partial charge in [0.15, 0.2) is 0 Å². The van der Waals surface area contributed by atoms with Crippen LogP contribution in [0.3, 0.4) is 0 Å². The summed E-state index contributed by atoms with van der Waals surface area (Å²) in [7, 11) is 0. The van der Waals surface area contributed by atoms with Gasteiger partial charge in [0.1, 0.15) is 0 Å². The van der Waals surface area contributed by atoms with Crippen molar-refractivity contribution < 1.29 is 4.79 Å². The van der Waals surface area contributed by atoms with E-state index in [9.17, 15) is 4.79 Å². The zero-order chi connectivity index (χ0) is 10.3. The highest BCUT2D eigenvalue weighted by Crippen LogP contribution is 2.09. The van der Waals surface area contributed by atoms with E-state index in [4.69, 9.17) is 6.42 Å². The minimum atomic E-state index is 0.0980. The third kappa shape index (κ3) is 6.88. The zero-order valence-electron chi connectivity index (χ0n) is 8.14. The molecule has 0 aromatic heterocycles. The molecular formula is C10H16INO. The molecule has 2 unspecified atom stereocenters. The minimum Gasteiger partial charge on any atom is -0.355 e. The lowest BCUT2D eigenvalue weighted by Gasteiger charge is -2.13. The fourth-order valence-electron chi connectivity index (χ4n) is 1.09. The van der Waals surface area contributed by atoms with E-state index in [0.29, 0.717) is 16.3 Å². The third-order valence-electron chi connectivity index (χ3n) is 1.81. The lowest BCUT2D eigenvalue weighted by molar-refractivity contribution is -0.118. The van der Waals surface area contributed by atoms with Crippen LogP contribution in [0.2, 0.25) is 0 Å². The summed E-state index contributed by atoms with van der Waals surface area (Å²) in [4.78, 5) is 10.9. The lowest BCUT2D eigenvalue weighted by atomic mass is 9.98. The van der Waals surface area contributed by atoms with Crippen molar-refractivity contribution in [2.75, 3.05) is 11.0 Å². The molecule has 0 radical (unpaired) electrons. The van der Waals surface area contributed by atoms with Crippen molar-refractivity contribution in [1.29, 1.82) is 0 Å².